The van der Waals surface area contributed by atoms with Gasteiger partial charge in [0.2, 0.25) is 0 Å². The zero-order valence-corrected chi connectivity index (χ0v) is 17.8. The largest absolute Gasteiger partial charge is 0.386 e. The number of rotatable bonds is 6. The Morgan fingerprint density at radius 3 is 2.70 bits per heavy atom. The van der Waals surface area contributed by atoms with Crippen molar-refractivity contribution in [3.8, 4) is 22.5 Å². The second-order valence-corrected chi connectivity index (χ2v) is 8.59. The second kappa shape index (κ2) is 7.98. The van der Waals surface area contributed by atoms with E-state index in [4.69, 9.17) is 9.97 Å². The molecule has 2 N–H and O–H groups in total. The minimum absolute atomic E-state index is 0.324. The first-order chi connectivity index (χ1) is 14.7. The second-order valence-electron chi connectivity index (χ2n) is 6.95. The van der Waals surface area contributed by atoms with Crippen molar-refractivity contribution >= 4 is 38.7 Å². The SMILES string of the molecule is Cn1cc(C(O)CNc2nc(-c3ccsc3)nc3scc(-c4ccccc4)c23)cn1. The summed E-state index contributed by atoms with van der Waals surface area (Å²) in [6, 6.07) is 12.3. The molecule has 0 saturated carbocycles. The summed E-state index contributed by atoms with van der Waals surface area (Å²) in [5, 5.41) is 25.3. The number of aliphatic hydroxyl groups excluding tert-OH is 1. The van der Waals surface area contributed by atoms with Crippen LogP contribution in [0.1, 0.15) is 11.7 Å². The van der Waals surface area contributed by atoms with E-state index in [1.54, 1.807) is 33.6 Å². The van der Waals surface area contributed by atoms with Crippen molar-refractivity contribution in [3.05, 3.63) is 70.5 Å². The van der Waals surface area contributed by atoms with Gasteiger partial charge in [-0.15, -0.1) is 11.3 Å². The third-order valence-corrected chi connectivity index (χ3v) is 6.43. The summed E-state index contributed by atoms with van der Waals surface area (Å²) >= 11 is 3.22. The summed E-state index contributed by atoms with van der Waals surface area (Å²) in [7, 11) is 1.84. The molecule has 0 aliphatic rings. The average molecular weight is 434 g/mol. The number of nitrogens with zero attached hydrogens (tertiary/aromatic N) is 4. The van der Waals surface area contributed by atoms with Crippen molar-refractivity contribution in [1.29, 1.82) is 0 Å². The Kier molecular flexibility index (Phi) is 5.04. The van der Waals surface area contributed by atoms with Crippen LogP contribution in [0.15, 0.2) is 64.9 Å². The Morgan fingerprint density at radius 2 is 1.97 bits per heavy atom. The van der Waals surface area contributed by atoms with Gasteiger partial charge in [0, 0.05) is 47.2 Å². The van der Waals surface area contributed by atoms with Crippen LogP contribution in [-0.4, -0.2) is 31.4 Å². The van der Waals surface area contributed by atoms with Crippen LogP contribution in [0.3, 0.4) is 0 Å². The molecule has 1 aromatic carbocycles. The minimum atomic E-state index is -0.688. The fourth-order valence-corrected chi connectivity index (χ4v) is 4.93. The maximum Gasteiger partial charge on any atom is 0.163 e. The summed E-state index contributed by atoms with van der Waals surface area (Å²) in [6.07, 6.45) is 2.81. The van der Waals surface area contributed by atoms with E-state index >= 15 is 0 Å². The van der Waals surface area contributed by atoms with Crippen LogP contribution >= 0.6 is 22.7 Å². The third kappa shape index (κ3) is 3.60. The minimum Gasteiger partial charge on any atom is -0.386 e. The van der Waals surface area contributed by atoms with Crippen LogP contribution in [0.5, 0.6) is 0 Å². The number of fused-ring (bicyclic) bond motifs is 1. The molecule has 5 aromatic rings. The maximum absolute atomic E-state index is 10.6. The molecular weight excluding hydrogens is 414 g/mol. The molecule has 0 amide bonds. The molecule has 0 fully saturated rings. The normalized spacial score (nSPS) is 12.3. The van der Waals surface area contributed by atoms with E-state index in [-0.39, 0.29) is 0 Å². The molecule has 6 nitrogen and oxygen atoms in total. The number of thiophene rings is 2. The molecule has 0 aliphatic carbocycles. The summed E-state index contributed by atoms with van der Waals surface area (Å²) in [6.45, 7) is 0.324. The highest BCUT2D eigenvalue weighted by atomic mass is 32.1. The van der Waals surface area contributed by atoms with Crippen molar-refractivity contribution in [2.75, 3.05) is 11.9 Å². The van der Waals surface area contributed by atoms with Crippen LogP contribution in [0.2, 0.25) is 0 Å². The highest BCUT2D eigenvalue weighted by Gasteiger charge is 2.18. The fourth-order valence-electron chi connectivity index (χ4n) is 3.34. The monoisotopic (exact) mass is 433 g/mol. The lowest BCUT2D eigenvalue weighted by molar-refractivity contribution is 0.191. The molecule has 4 heterocycles. The molecule has 5 rings (SSSR count). The van der Waals surface area contributed by atoms with Crippen LogP contribution in [0, 0.1) is 0 Å². The highest BCUT2D eigenvalue weighted by Crippen LogP contribution is 2.38. The van der Waals surface area contributed by atoms with Gasteiger partial charge in [-0.1, -0.05) is 30.3 Å². The third-order valence-electron chi connectivity index (χ3n) is 4.87. The van der Waals surface area contributed by atoms with Crippen molar-refractivity contribution < 1.29 is 5.11 Å². The van der Waals surface area contributed by atoms with Gasteiger partial charge in [0.15, 0.2) is 5.82 Å². The summed E-state index contributed by atoms with van der Waals surface area (Å²) < 4.78 is 1.68. The fraction of sp³-hybridized carbons (Fsp3) is 0.136. The summed E-state index contributed by atoms with van der Waals surface area (Å²) in [5.41, 5.74) is 3.96. The highest BCUT2D eigenvalue weighted by molar-refractivity contribution is 7.17. The number of nitrogens with one attached hydrogen (secondary N) is 1. The van der Waals surface area contributed by atoms with E-state index in [2.05, 4.69) is 27.9 Å². The molecule has 0 saturated heterocycles. The van der Waals surface area contributed by atoms with Gasteiger partial charge in [-0.2, -0.15) is 16.4 Å². The van der Waals surface area contributed by atoms with E-state index in [1.165, 1.54) is 0 Å². The van der Waals surface area contributed by atoms with E-state index in [0.717, 1.165) is 38.3 Å². The number of anilines is 1. The molecule has 30 heavy (non-hydrogen) atoms. The van der Waals surface area contributed by atoms with Gasteiger partial charge in [-0.25, -0.2) is 9.97 Å². The van der Waals surface area contributed by atoms with Gasteiger partial charge in [0.25, 0.3) is 0 Å². The van der Waals surface area contributed by atoms with Crippen molar-refractivity contribution in [1.82, 2.24) is 19.7 Å². The topological polar surface area (TPSA) is 75.9 Å². The Morgan fingerprint density at radius 1 is 1.10 bits per heavy atom. The smallest absolute Gasteiger partial charge is 0.163 e. The Balaban J connectivity index is 1.57. The molecular formula is C22H19N5OS2. The number of aromatic nitrogens is 4. The predicted octanol–water partition coefficient (Wildman–Crippen LogP) is 4.97. The number of aliphatic hydroxyl groups is 1. The number of aryl methyl sites for hydroxylation is 1. The predicted molar refractivity (Wildman–Crippen MR) is 123 cm³/mol. The van der Waals surface area contributed by atoms with Crippen LogP contribution in [0.4, 0.5) is 5.82 Å². The zero-order chi connectivity index (χ0) is 20.5. The van der Waals surface area contributed by atoms with Crippen LogP contribution < -0.4 is 5.32 Å². The number of hydrogen-bond donors (Lipinski definition) is 2. The van der Waals surface area contributed by atoms with Gasteiger partial charge in [0.1, 0.15) is 10.6 Å². The lowest BCUT2D eigenvalue weighted by atomic mass is 10.1. The maximum atomic E-state index is 10.6. The first kappa shape index (κ1) is 18.9. The van der Waals surface area contributed by atoms with Crippen molar-refractivity contribution in [2.24, 2.45) is 7.05 Å². The van der Waals surface area contributed by atoms with Crippen LogP contribution in [0.25, 0.3) is 32.7 Å². The summed E-state index contributed by atoms with van der Waals surface area (Å²) in [4.78, 5) is 10.6. The lowest BCUT2D eigenvalue weighted by Crippen LogP contribution is -2.13. The summed E-state index contributed by atoms with van der Waals surface area (Å²) in [5.74, 6) is 1.41. The Labute approximate surface area is 181 Å². The molecule has 0 radical (unpaired) electrons. The Bertz CT molecular complexity index is 1280. The van der Waals surface area contributed by atoms with E-state index in [0.29, 0.717) is 12.4 Å². The molecule has 150 valence electrons. The molecule has 0 bridgehead atoms. The van der Waals surface area contributed by atoms with Gasteiger partial charge in [0.05, 0.1) is 17.7 Å². The first-order valence-corrected chi connectivity index (χ1v) is 11.3. The van der Waals surface area contributed by atoms with Gasteiger partial charge in [-0.05, 0) is 17.0 Å². The molecule has 1 atom stereocenters. The number of hydrogen-bond acceptors (Lipinski definition) is 7. The molecule has 0 aliphatic heterocycles. The van der Waals surface area contributed by atoms with Gasteiger partial charge in [-0.3, -0.25) is 4.68 Å². The first-order valence-electron chi connectivity index (χ1n) is 9.47. The molecule has 0 spiro atoms. The molecule has 1 unspecified atom stereocenters. The Hall–Kier alpha value is -3.07. The average Bonchev–Trinajstić information content (AvgIpc) is 3.52. The quantitative estimate of drug-likeness (QED) is 0.396. The van der Waals surface area contributed by atoms with Gasteiger partial charge < -0.3 is 10.4 Å². The molecule has 8 heteroatoms. The van der Waals surface area contributed by atoms with E-state index < -0.39 is 6.10 Å². The molecule has 4 aromatic heterocycles. The zero-order valence-electron chi connectivity index (χ0n) is 16.2. The van der Waals surface area contributed by atoms with Crippen molar-refractivity contribution in [3.63, 3.8) is 0 Å². The van der Waals surface area contributed by atoms with E-state index in [1.807, 2.05) is 48.3 Å². The standard InChI is InChI=1S/C22H19N5OS2/c1-27-11-16(9-24-27)18(28)10-23-21-19-17(14-5-3-2-4-6-14)13-30-22(19)26-20(25-21)15-7-8-29-12-15/h2-9,11-13,18,28H,10H2,1H3,(H,23,25,26). The van der Waals surface area contributed by atoms with Crippen LogP contribution in [-0.2, 0) is 7.05 Å². The lowest BCUT2D eigenvalue weighted by Gasteiger charge is -2.13. The van der Waals surface area contributed by atoms with Gasteiger partial charge >= 0.3 is 0 Å². The van der Waals surface area contributed by atoms with Crippen molar-refractivity contribution in [2.45, 2.75) is 6.10 Å². The number of benzene rings is 1. The van der Waals surface area contributed by atoms with E-state index in [9.17, 15) is 5.11 Å².